The molecule has 2 rings (SSSR count). The fourth-order valence-corrected chi connectivity index (χ4v) is 2.29. The van der Waals surface area contributed by atoms with Crippen molar-refractivity contribution >= 4 is 17.5 Å². The highest BCUT2D eigenvalue weighted by atomic mass is 35.5. The van der Waals surface area contributed by atoms with Crippen LogP contribution >= 0.6 is 11.6 Å². The molecule has 23 heavy (non-hydrogen) atoms. The summed E-state index contributed by atoms with van der Waals surface area (Å²) < 4.78 is 10.8. The number of likely N-dealkylation sites (N-methyl/N-ethyl adjacent to an activating group) is 1. The molecule has 0 aliphatic carbocycles. The number of methoxy groups -OCH3 is 1. The molecule has 0 aromatic heterocycles. The van der Waals surface area contributed by atoms with Crippen molar-refractivity contribution in [2.75, 3.05) is 14.2 Å². The van der Waals surface area contributed by atoms with Crippen LogP contribution < -0.4 is 9.47 Å². The number of hydrogen-bond donors (Lipinski definition) is 0. The minimum Gasteiger partial charge on any atom is -0.497 e. The smallest absolute Gasteiger partial charge is 0.263 e. The first-order valence-corrected chi connectivity index (χ1v) is 7.67. The number of nitrogens with zero attached hydrogens (tertiary/aromatic N) is 1. The van der Waals surface area contributed by atoms with E-state index in [0.29, 0.717) is 17.3 Å². The van der Waals surface area contributed by atoms with Crippen molar-refractivity contribution < 1.29 is 14.3 Å². The zero-order valence-electron chi connectivity index (χ0n) is 13.5. The zero-order chi connectivity index (χ0) is 16.8. The van der Waals surface area contributed by atoms with Crippen LogP contribution in [0.2, 0.25) is 5.02 Å². The van der Waals surface area contributed by atoms with Gasteiger partial charge >= 0.3 is 0 Å². The standard InChI is InChI=1S/C18H20ClNO3/c1-13(23-17-10-8-16(22-3)9-11-17)18(21)20(2)12-14-4-6-15(19)7-5-14/h4-11,13H,12H2,1-3H3/t13-/m0/s1. The van der Waals surface area contributed by atoms with Crippen LogP contribution in [0.5, 0.6) is 11.5 Å². The lowest BCUT2D eigenvalue weighted by atomic mass is 10.2. The Labute approximate surface area is 141 Å². The molecule has 0 saturated heterocycles. The molecule has 0 spiro atoms. The number of carbonyl (C=O) groups is 1. The van der Waals surface area contributed by atoms with Crippen molar-refractivity contribution in [1.82, 2.24) is 4.90 Å². The maximum absolute atomic E-state index is 12.4. The minimum absolute atomic E-state index is 0.0873. The van der Waals surface area contributed by atoms with Crippen molar-refractivity contribution in [3.63, 3.8) is 0 Å². The van der Waals surface area contributed by atoms with Gasteiger partial charge in [-0.05, 0) is 48.9 Å². The summed E-state index contributed by atoms with van der Waals surface area (Å²) in [7, 11) is 3.36. The van der Waals surface area contributed by atoms with E-state index in [9.17, 15) is 4.79 Å². The zero-order valence-corrected chi connectivity index (χ0v) is 14.2. The molecule has 0 aliphatic rings. The predicted molar refractivity (Wildman–Crippen MR) is 91.0 cm³/mol. The Hall–Kier alpha value is -2.20. The molecule has 0 aliphatic heterocycles. The summed E-state index contributed by atoms with van der Waals surface area (Å²) in [5.74, 6) is 1.29. The number of rotatable bonds is 6. The van der Waals surface area contributed by atoms with Crippen molar-refractivity contribution in [2.24, 2.45) is 0 Å². The van der Waals surface area contributed by atoms with Gasteiger partial charge in [-0.15, -0.1) is 0 Å². The van der Waals surface area contributed by atoms with Crippen molar-refractivity contribution in [3.8, 4) is 11.5 Å². The maximum atomic E-state index is 12.4. The quantitative estimate of drug-likeness (QED) is 0.807. The number of benzene rings is 2. The van der Waals surface area contributed by atoms with Crippen LogP contribution in [0.4, 0.5) is 0 Å². The van der Waals surface area contributed by atoms with Gasteiger partial charge in [-0.25, -0.2) is 0 Å². The highest BCUT2D eigenvalue weighted by Gasteiger charge is 2.19. The third-order valence-electron chi connectivity index (χ3n) is 3.43. The Kier molecular flexibility index (Phi) is 5.88. The Bertz CT molecular complexity index is 640. The van der Waals surface area contributed by atoms with E-state index in [-0.39, 0.29) is 5.91 Å². The monoisotopic (exact) mass is 333 g/mol. The highest BCUT2D eigenvalue weighted by Crippen LogP contribution is 2.19. The van der Waals surface area contributed by atoms with Crippen LogP contribution in [0, 0.1) is 0 Å². The van der Waals surface area contributed by atoms with Crippen LogP contribution in [-0.2, 0) is 11.3 Å². The Balaban J connectivity index is 1.93. The van der Waals surface area contributed by atoms with Gasteiger partial charge in [0.25, 0.3) is 5.91 Å². The molecule has 4 nitrogen and oxygen atoms in total. The molecule has 5 heteroatoms. The molecular formula is C18H20ClNO3. The van der Waals surface area contributed by atoms with E-state index in [2.05, 4.69) is 0 Å². The molecule has 0 fully saturated rings. The molecule has 2 aromatic rings. The summed E-state index contributed by atoms with van der Waals surface area (Å²) in [5, 5.41) is 0.680. The number of halogens is 1. The van der Waals surface area contributed by atoms with Gasteiger partial charge in [-0.1, -0.05) is 23.7 Å². The first-order chi connectivity index (χ1) is 11.0. The lowest BCUT2D eigenvalue weighted by molar-refractivity contribution is -0.137. The Morgan fingerprint density at radius 3 is 2.22 bits per heavy atom. The van der Waals surface area contributed by atoms with Gasteiger partial charge in [0, 0.05) is 18.6 Å². The average molecular weight is 334 g/mol. The lowest BCUT2D eigenvalue weighted by Gasteiger charge is -2.22. The van der Waals surface area contributed by atoms with Crippen molar-refractivity contribution in [3.05, 3.63) is 59.1 Å². The Morgan fingerprint density at radius 2 is 1.65 bits per heavy atom. The van der Waals surface area contributed by atoms with Crippen LogP contribution in [0.3, 0.4) is 0 Å². The van der Waals surface area contributed by atoms with E-state index in [1.165, 1.54) is 0 Å². The summed E-state index contributed by atoms with van der Waals surface area (Å²) in [6.07, 6.45) is -0.569. The summed E-state index contributed by atoms with van der Waals surface area (Å²) in [5.41, 5.74) is 1.02. The first-order valence-electron chi connectivity index (χ1n) is 7.29. The van der Waals surface area contributed by atoms with Gasteiger partial charge in [-0.3, -0.25) is 4.79 Å². The predicted octanol–water partition coefficient (Wildman–Crippen LogP) is 3.77. The summed E-state index contributed by atoms with van der Waals surface area (Å²) in [4.78, 5) is 14.0. The fourth-order valence-electron chi connectivity index (χ4n) is 2.16. The van der Waals surface area contributed by atoms with Gasteiger partial charge < -0.3 is 14.4 Å². The molecule has 0 heterocycles. The molecule has 0 radical (unpaired) electrons. The summed E-state index contributed by atoms with van der Waals surface area (Å²) in [6.45, 7) is 2.25. The molecule has 2 aromatic carbocycles. The van der Waals surface area contributed by atoms with Crippen molar-refractivity contribution in [2.45, 2.75) is 19.6 Å². The summed E-state index contributed by atoms with van der Waals surface area (Å²) >= 11 is 5.86. The Morgan fingerprint density at radius 1 is 1.09 bits per heavy atom. The SMILES string of the molecule is COc1ccc(O[C@@H](C)C(=O)N(C)Cc2ccc(Cl)cc2)cc1. The fraction of sp³-hybridized carbons (Fsp3) is 0.278. The van der Waals surface area contributed by atoms with E-state index in [0.717, 1.165) is 11.3 Å². The van der Waals surface area contributed by atoms with E-state index in [1.807, 2.05) is 24.3 Å². The van der Waals surface area contributed by atoms with Crippen LogP contribution in [0.15, 0.2) is 48.5 Å². The minimum atomic E-state index is -0.569. The van der Waals surface area contributed by atoms with Crippen LogP contribution in [0.25, 0.3) is 0 Å². The maximum Gasteiger partial charge on any atom is 0.263 e. The summed E-state index contributed by atoms with van der Waals surface area (Å²) in [6, 6.07) is 14.6. The molecule has 122 valence electrons. The van der Waals surface area contributed by atoms with Gasteiger partial charge in [0.05, 0.1) is 7.11 Å². The van der Waals surface area contributed by atoms with E-state index in [1.54, 1.807) is 50.2 Å². The number of hydrogen-bond acceptors (Lipinski definition) is 3. The topological polar surface area (TPSA) is 38.8 Å². The third kappa shape index (κ3) is 4.89. The second-order valence-corrected chi connectivity index (χ2v) is 5.69. The van der Waals surface area contributed by atoms with Crippen LogP contribution in [0.1, 0.15) is 12.5 Å². The van der Waals surface area contributed by atoms with Crippen molar-refractivity contribution in [1.29, 1.82) is 0 Å². The van der Waals surface area contributed by atoms with Gasteiger partial charge in [0.1, 0.15) is 11.5 Å². The second kappa shape index (κ2) is 7.88. The largest absolute Gasteiger partial charge is 0.497 e. The normalized spacial score (nSPS) is 11.7. The average Bonchev–Trinajstić information content (AvgIpc) is 2.56. The van der Waals surface area contributed by atoms with E-state index >= 15 is 0 Å². The number of ether oxygens (including phenoxy) is 2. The number of carbonyl (C=O) groups excluding carboxylic acids is 1. The van der Waals surface area contributed by atoms with Crippen LogP contribution in [-0.4, -0.2) is 31.1 Å². The first kappa shape index (κ1) is 17.2. The molecule has 0 bridgehead atoms. The molecular weight excluding hydrogens is 314 g/mol. The molecule has 1 atom stereocenters. The second-order valence-electron chi connectivity index (χ2n) is 5.26. The van der Waals surface area contributed by atoms with Gasteiger partial charge in [-0.2, -0.15) is 0 Å². The van der Waals surface area contributed by atoms with Gasteiger partial charge in [0.2, 0.25) is 0 Å². The number of amides is 1. The van der Waals surface area contributed by atoms with E-state index in [4.69, 9.17) is 21.1 Å². The van der Waals surface area contributed by atoms with Gasteiger partial charge in [0.15, 0.2) is 6.10 Å². The molecule has 0 N–H and O–H groups in total. The molecule has 0 saturated carbocycles. The highest BCUT2D eigenvalue weighted by molar-refractivity contribution is 6.30. The third-order valence-corrected chi connectivity index (χ3v) is 3.68. The lowest BCUT2D eigenvalue weighted by Crippen LogP contribution is -2.37. The van der Waals surface area contributed by atoms with E-state index < -0.39 is 6.10 Å². The molecule has 1 amide bonds. The molecule has 0 unspecified atom stereocenters.